The van der Waals surface area contributed by atoms with Gasteiger partial charge in [-0.1, -0.05) is 12.1 Å². The molecule has 0 aliphatic heterocycles. The Morgan fingerprint density at radius 2 is 1.74 bits per heavy atom. The first kappa shape index (κ1) is 17.0. The number of alkyl halides is 2. The second-order valence-electron chi connectivity index (χ2n) is 4.68. The van der Waals surface area contributed by atoms with Crippen molar-refractivity contribution in [1.29, 1.82) is 0 Å². The smallest absolute Gasteiger partial charge is 0.326 e. The summed E-state index contributed by atoms with van der Waals surface area (Å²) in [6.07, 6.45) is -0.0746. The zero-order chi connectivity index (χ0) is 17.0. The van der Waals surface area contributed by atoms with E-state index in [1.165, 1.54) is 30.3 Å². The highest BCUT2D eigenvalue weighted by Gasteiger charge is 2.26. The van der Waals surface area contributed by atoms with E-state index < -0.39 is 32.2 Å². The minimum atomic E-state index is -4.66. The van der Waals surface area contributed by atoms with Gasteiger partial charge in [0.25, 0.3) is 0 Å². The van der Waals surface area contributed by atoms with Crippen molar-refractivity contribution in [3.05, 3.63) is 59.9 Å². The topological polar surface area (TPSA) is 63.2 Å². The van der Waals surface area contributed by atoms with Gasteiger partial charge in [0, 0.05) is 5.69 Å². The zero-order valence-corrected chi connectivity index (χ0v) is 12.5. The van der Waals surface area contributed by atoms with Crippen LogP contribution in [0.1, 0.15) is 5.56 Å². The molecule has 0 saturated carbocycles. The molecule has 4 nitrogen and oxygen atoms in total. The minimum absolute atomic E-state index is 0.0746. The molecule has 0 saturated heterocycles. The summed E-state index contributed by atoms with van der Waals surface area (Å²) in [5, 5.41) is 2.47. The Balaban J connectivity index is 2.05. The van der Waals surface area contributed by atoms with E-state index in [4.69, 9.17) is 0 Å². The summed E-state index contributed by atoms with van der Waals surface area (Å²) in [4.78, 5) is 11.3. The van der Waals surface area contributed by atoms with Crippen LogP contribution >= 0.6 is 0 Å². The fraction of sp³-hybridized carbons (Fsp3) is 0.133. The molecule has 0 spiro atoms. The maximum absolute atomic E-state index is 13.0. The van der Waals surface area contributed by atoms with Gasteiger partial charge in [-0.25, -0.2) is 12.8 Å². The quantitative estimate of drug-likeness (QED) is 0.908. The van der Waals surface area contributed by atoms with Crippen molar-refractivity contribution < 1.29 is 26.4 Å². The number of sulfone groups is 1. The number of carbonyl (C=O) groups excluding carboxylic acids is 1. The van der Waals surface area contributed by atoms with E-state index in [2.05, 4.69) is 5.32 Å². The highest BCUT2D eigenvalue weighted by atomic mass is 32.2. The molecule has 0 aromatic heterocycles. The molecule has 122 valence electrons. The number of halogens is 3. The van der Waals surface area contributed by atoms with Crippen LogP contribution < -0.4 is 5.32 Å². The van der Waals surface area contributed by atoms with Crippen LogP contribution in [0.4, 0.5) is 18.9 Å². The molecule has 0 heterocycles. The van der Waals surface area contributed by atoms with Crippen molar-refractivity contribution in [1.82, 2.24) is 0 Å². The third-order valence-electron chi connectivity index (χ3n) is 2.95. The standard InChI is InChI=1S/C15H12F3NO3S/c16-11-3-1-2-10(8-11)9-14(20)19-12-4-6-13(7-5-12)23(21,22)15(17)18/h1-8,15H,9H2,(H,19,20). The molecule has 0 fully saturated rings. The van der Waals surface area contributed by atoms with Gasteiger partial charge < -0.3 is 5.32 Å². The van der Waals surface area contributed by atoms with Crippen LogP contribution in [0, 0.1) is 5.82 Å². The Kier molecular flexibility index (Phi) is 5.05. The van der Waals surface area contributed by atoms with E-state index in [9.17, 15) is 26.4 Å². The van der Waals surface area contributed by atoms with Gasteiger partial charge in [-0.2, -0.15) is 8.78 Å². The summed E-state index contributed by atoms with van der Waals surface area (Å²) in [5.74, 6) is -4.41. The van der Waals surface area contributed by atoms with Gasteiger partial charge in [-0.15, -0.1) is 0 Å². The Bertz CT molecular complexity index is 805. The molecule has 0 bridgehead atoms. The van der Waals surface area contributed by atoms with Gasteiger partial charge in [0.05, 0.1) is 11.3 Å². The molecule has 0 radical (unpaired) electrons. The van der Waals surface area contributed by atoms with Gasteiger partial charge in [0.1, 0.15) is 5.82 Å². The lowest BCUT2D eigenvalue weighted by molar-refractivity contribution is -0.115. The highest BCUT2D eigenvalue weighted by molar-refractivity contribution is 7.91. The molecule has 0 aliphatic rings. The monoisotopic (exact) mass is 343 g/mol. The second kappa shape index (κ2) is 6.82. The molecular formula is C15H12F3NO3S. The summed E-state index contributed by atoms with van der Waals surface area (Å²) >= 11 is 0. The summed E-state index contributed by atoms with van der Waals surface area (Å²) in [6.45, 7) is 0. The van der Waals surface area contributed by atoms with Crippen molar-refractivity contribution in [2.45, 2.75) is 17.1 Å². The van der Waals surface area contributed by atoms with Crippen molar-refractivity contribution in [2.75, 3.05) is 5.32 Å². The van der Waals surface area contributed by atoms with E-state index in [0.717, 1.165) is 12.1 Å². The predicted molar refractivity (Wildman–Crippen MR) is 78.4 cm³/mol. The van der Waals surface area contributed by atoms with Gasteiger partial charge in [0.15, 0.2) is 0 Å². The van der Waals surface area contributed by atoms with Crippen LogP contribution in [-0.2, 0) is 21.1 Å². The molecule has 0 atom stereocenters. The summed E-state index contributed by atoms with van der Waals surface area (Å²) in [7, 11) is -4.66. The van der Waals surface area contributed by atoms with E-state index in [-0.39, 0.29) is 12.1 Å². The average molecular weight is 343 g/mol. The third-order valence-corrected chi connectivity index (χ3v) is 4.35. The minimum Gasteiger partial charge on any atom is -0.326 e. The lowest BCUT2D eigenvalue weighted by atomic mass is 10.1. The second-order valence-corrected chi connectivity index (χ2v) is 6.60. The number of nitrogens with one attached hydrogen (secondary N) is 1. The molecular weight excluding hydrogens is 331 g/mol. The molecule has 0 unspecified atom stereocenters. The van der Waals surface area contributed by atoms with Crippen LogP contribution in [-0.4, -0.2) is 20.1 Å². The maximum atomic E-state index is 13.0. The zero-order valence-electron chi connectivity index (χ0n) is 11.7. The molecule has 1 N–H and O–H groups in total. The van der Waals surface area contributed by atoms with Gasteiger partial charge in [-0.05, 0) is 42.0 Å². The van der Waals surface area contributed by atoms with Gasteiger partial charge >= 0.3 is 5.76 Å². The van der Waals surface area contributed by atoms with Crippen LogP contribution in [0.3, 0.4) is 0 Å². The van der Waals surface area contributed by atoms with Crippen molar-refractivity contribution in [3.8, 4) is 0 Å². The normalized spacial score (nSPS) is 11.5. The van der Waals surface area contributed by atoms with E-state index in [0.29, 0.717) is 5.56 Å². The molecule has 0 aliphatic carbocycles. The Labute approximate surface area is 130 Å². The fourth-order valence-electron chi connectivity index (χ4n) is 1.87. The first-order valence-corrected chi connectivity index (χ1v) is 8.00. The number of rotatable bonds is 5. The molecule has 2 rings (SSSR count). The number of carbonyl (C=O) groups is 1. The first-order chi connectivity index (χ1) is 10.8. The highest BCUT2D eigenvalue weighted by Crippen LogP contribution is 2.20. The van der Waals surface area contributed by atoms with E-state index in [1.807, 2.05) is 0 Å². The number of hydrogen-bond acceptors (Lipinski definition) is 3. The van der Waals surface area contributed by atoms with E-state index in [1.54, 1.807) is 6.07 Å². The van der Waals surface area contributed by atoms with E-state index >= 15 is 0 Å². The Morgan fingerprint density at radius 1 is 1.09 bits per heavy atom. The Morgan fingerprint density at radius 3 is 2.30 bits per heavy atom. The van der Waals surface area contributed by atoms with Gasteiger partial charge in [-0.3, -0.25) is 4.79 Å². The molecule has 8 heteroatoms. The Hall–Kier alpha value is -2.35. The number of benzene rings is 2. The molecule has 23 heavy (non-hydrogen) atoms. The largest absolute Gasteiger partial charge is 0.341 e. The van der Waals surface area contributed by atoms with Crippen molar-refractivity contribution in [3.63, 3.8) is 0 Å². The van der Waals surface area contributed by atoms with Crippen molar-refractivity contribution >= 4 is 21.4 Å². The molecule has 2 aromatic carbocycles. The lowest BCUT2D eigenvalue weighted by Gasteiger charge is -2.07. The summed E-state index contributed by atoms with van der Waals surface area (Å²) < 4.78 is 60.3. The molecule has 2 aromatic rings. The third kappa shape index (κ3) is 4.32. The summed E-state index contributed by atoms with van der Waals surface area (Å²) in [6, 6.07) is 9.92. The molecule has 1 amide bonds. The lowest BCUT2D eigenvalue weighted by Crippen LogP contribution is -2.15. The van der Waals surface area contributed by atoms with Crippen LogP contribution in [0.5, 0.6) is 0 Å². The SMILES string of the molecule is O=C(Cc1cccc(F)c1)Nc1ccc(S(=O)(=O)C(F)F)cc1. The van der Waals surface area contributed by atoms with Crippen LogP contribution in [0.2, 0.25) is 0 Å². The summed E-state index contributed by atoms with van der Waals surface area (Å²) in [5.41, 5.74) is 0.721. The first-order valence-electron chi connectivity index (χ1n) is 6.45. The fourth-order valence-corrected chi connectivity index (χ4v) is 2.59. The average Bonchev–Trinajstić information content (AvgIpc) is 2.47. The maximum Gasteiger partial charge on any atom is 0.341 e. The van der Waals surface area contributed by atoms with Crippen LogP contribution in [0.15, 0.2) is 53.4 Å². The predicted octanol–water partition coefficient (Wildman–Crippen LogP) is 3.00. The number of hydrogen-bond donors (Lipinski definition) is 1. The number of amides is 1. The number of anilines is 1. The van der Waals surface area contributed by atoms with Crippen molar-refractivity contribution in [2.24, 2.45) is 0 Å². The van der Waals surface area contributed by atoms with Gasteiger partial charge in [0.2, 0.25) is 15.7 Å². The van der Waals surface area contributed by atoms with Crippen LogP contribution in [0.25, 0.3) is 0 Å².